The quantitative estimate of drug-likeness (QED) is 0.0360. The van der Waals surface area contributed by atoms with Gasteiger partial charge < -0.3 is 38.6 Å². The van der Waals surface area contributed by atoms with Crippen LogP contribution in [-0.2, 0) is 42.8 Å². The summed E-state index contributed by atoms with van der Waals surface area (Å²) in [6.07, 6.45) is 44.3. The number of likely N-dealkylation sites (tertiary alicyclic amines) is 1. The van der Waals surface area contributed by atoms with Gasteiger partial charge in [-0.25, -0.2) is 4.79 Å². The van der Waals surface area contributed by atoms with Gasteiger partial charge in [0.1, 0.15) is 12.1 Å². The maximum atomic E-state index is 13.4. The first-order chi connectivity index (χ1) is 31.3. The van der Waals surface area contributed by atoms with E-state index in [1.54, 1.807) is 26.2 Å². The van der Waals surface area contributed by atoms with Gasteiger partial charge in [-0.05, 0) is 84.0 Å². The van der Waals surface area contributed by atoms with E-state index in [-0.39, 0.29) is 31.5 Å². The molecule has 1 amide bonds. The third-order valence-corrected chi connectivity index (χ3v) is 11.0. The summed E-state index contributed by atoms with van der Waals surface area (Å²) in [6, 6.07) is -0.727. The molecule has 0 saturated carbocycles. The number of hydrogen-bond donors (Lipinski definition) is 1. The molecule has 2 unspecified atom stereocenters. The molecule has 1 heterocycles. The number of esters is 2. The van der Waals surface area contributed by atoms with Crippen molar-refractivity contribution >= 4 is 17.8 Å². The standard InChI is InChI=1S/C49H86N2O7.C4H10O2/c1-5-7-9-11-13-15-17-19-21-23-25-27-29-31-33-35-37-57-49(54)46-40-45(58-48(53)42-50-41-44(3)56-39-38-55-4)43-51(46)47(52)36-34-32-30-28-26-24-22-20-18-16-14-12-10-8-6-2;1-5-3-4-6-2/h13-16,19-22,44-46,50H,5-12,17-18,23-43H2,1-4H3;3-4H2,1-2H3/b15-13-,16-14-,21-19-,22-20-;/t44-,45?,46?;/m0./s1. The summed E-state index contributed by atoms with van der Waals surface area (Å²) < 4.78 is 31.4. The Morgan fingerprint density at radius 2 is 1.06 bits per heavy atom. The minimum Gasteiger partial charge on any atom is -0.464 e. The first kappa shape index (κ1) is 61.2. The number of methoxy groups -OCH3 is 3. The summed E-state index contributed by atoms with van der Waals surface area (Å²) >= 11 is 0. The van der Waals surface area contributed by atoms with Crippen LogP contribution in [0, 0.1) is 0 Å². The van der Waals surface area contributed by atoms with Gasteiger partial charge in [-0.3, -0.25) is 9.59 Å². The number of allylic oxidation sites excluding steroid dienone is 8. The van der Waals surface area contributed by atoms with Gasteiger partial charge in [-0.2, -0.15) is 0 Å². The molecule has 11 heteroatoms. The van der Waals surface area contributed by atoms with E-state index in [0.29, 0.717) is 46.0 Å². The third-order valence-electron chi connectivity index (χ3n) is 11.0. The van der Waals surface area contributed by atoms with Crippen molar-refractivity contribution < 1.29 is 42.8 Å². The Morgan fingerprint density at radius 3 is 1.58 bits per heavy atom. The Bertz CT molecular complexity index is 1190. The number of unbranched alkanes of at least 4 members (excludes halogenated alkanes) is 17. The molecular weight excluding hydrogens is 809 g/mol. The minimum absolute atomic E-state index is 0.0249. The molecule has 11 nitrogen and oxygen atoms in total. The molecule has 0 radical (unpaired) electrons. The summed E-state index contributed by atoms with van der Waals surface area (Å²) in [5.74, 6) is -0.875. The predicted molar refractivity (Wildman–Crippen MR) is 264 cm³/mol. The smallest absolute Gasteiger partial charge is 0.329 e. The molecule has 372 valence electrons. The molecule has 0 spiro atoms. The minimum atomic E-state index is -0.727. The second-order valence-electron chi connectivity index (χ2n) is 16.9. The number of amides is 1. The lowest BCUT2D eigenvalue weighted by molar-refractivity contribution is -0.153. The van der Waals surface area contributed by atoms with Gasteiger partial charge in [0.05, 0.1) is 52.2 Å². The molecule has 64 heavy (non-hydrogen) atoms. The molecule has 3 atom stereocenters. The van der Waals surface area contributed by atoms with Crippen LogP contribution in [0.25, 0.3) is 0 Å². The number of carbonyl (C=O) groups is 3. The Balaban J connectivity index is 0.00000614. The maximum Gasteiger partial charge on any atom is 0.329 e. The zero-order chi connectivity index (χ0) is 47.0. The van der Waals surface area contributed by atoms with Gasteiger partial charge in [0.25, 0.3) is 0 Å². The summed E-state index contributed by atoms with van der Waals surface area (Å²) in [5.41, 5.74) is 0. The van der Waals surface area contributed by atoms with Crippen LogP contribution in [0.5, 0.6) is 0 Å². The van der Waals surface area contributed by atoms with Crippen LogP contribution >= 0.6 is 0 Å². The van der Waals surface area contributed by atoms with E-state index in [1.165, 1.54) is 70.6 Å². The van der Waals surface area contributed by atoms with Gasteiger partial charge in [0, 0.05) is 40.7 Å². The molecule has 1 N–H and O–H groups in total. The monoisotopic (exact) mass is 905 g/mol. The van der Waals surface area contributed by atoms with Crippen molar-refractivity contribution in [1.82, 2.24) is 10.2 Å². The van der Waals surface area contributed by atoms with E-state index in [9.17, 15) is 14.4 Å². The SMILES string of the molecule is CCCCC/C=C\C/C=C\CCCCCCCCOC(=O)C1CC(OC(=O)CNC[C@H](C)OCCOC)CN1C(=O)CCCCCCC/C=C\C/C=C\CCCCC.COCCOC. The summed E-state index contributed by atoms with van der Waals surface area (Å²) in [6.45, 7) is 9.85. The average Bonchev–Trinajstić information content (AvgIpc) is 3.72. The normalized spacial score (nSPS) is 15.8. The lowest BCUT2D eigenvalue weighted by atomic mass is 10.1. The van der Waals surface area contributed by atoms with E-state index in [2.05, 4.69) is 77.2 Å². The number of hydrogen-bond acceptors (Lipinski definition) is 10. The van der Waals surface area contributed by atoms with E-state index >= 15 is 0 Å². The number of carbonyl (C=O) groups excluding carboxylic acids is 3. The van der Waals surface area contributed by atoms with Crippen LogP contribution < -0.4 is 5.32 Å². The highest BCUT2D eigenvalue weighted by atomic mass is 16.6. The lowest BCUT2D eigenvalue weighted by Gasteiger charge is -2.23. The molecular formula is C53H96N2O9. The van der Waals surface area contributed by atoms with E-state index < -0.39 is 24.1 Å². The molecule has 0 aromatic rings. The highest BCUT2D eigenvalue weighted by Gasteiger charge is 2.42. The molecule has 0 aliphatic carbocycles. The molecule has 1 saturated heterocycles. The van der Waals surface area contributed by atoms with Crippen LogP contribution in [0.3, 0.4) is 0 Å². The van der Waals surface area contributed by atoms with Crippen LogP contribution in [-0.4, -0.2) is 115 Å². The highest BCUT2D eigenvalue weighted by molar-refractivity contribution is 5.85. The van der Waals surface area contributed by atoms with Crippen LogP contribution in [0.4, 0.5) is 0 Å². The van der Waals surface area contributed by atoms with Gasteiger partial charge in [0.2, 0.25) is 5.91 Å². The second-order valence-corrected chi connectivity index (χ2v) is 16.9. The maximum absolute atomic E-state index is 13.4. The Morgan fingerprint density at radius 1 is 0.594 bits per heavy atom. The molecule has 0 bridgehead atoms. The molecule has 1 rings (SSSR count). The summed E-state index contributed by atoms with van der Waals surface area (Å²) in [4.78, 5) is 41.0. The van der Waals surface area contributed by atoms with Crippen molar-refractivity contribution in [3.63, 3.8) is 0 Å². The van der Waals surface area contributed by atoms with Crippen LogP contribution in [0.1, 0.15) is 181 Å². The van der Waals surface area contributed by atoms with Crippen molar-refractivity contribution in [2.45, 2.75) is 200 Å². The molecule has 0 aromatic carbocycles. The van der Waals surface area contributed by atoms with Crippen LogP contribution in [0.2, 0.25) is 0 Å². The number of nitrogens with one attached hydrogen (secondary N) is 1. The van der Waals surface area contributed by atoms with Crippen molar-refractivity contribution in [3.05, 3.63) is 48.6 Å². The van der Waals surface area contributed by atoms with Crippen LogP contribution in [0.15, 0.2) is 48.6 Å². The first-order valence-electron chi connectivity index (χ1n) is 25.4. The number of nitrogens with zero attached hydrogens (tertiary/aromatic N) is 1. The molecule has 1 fully saturated rings. The average molecular weight is 905 g/mol. The Hall–Kier alpha value is -2.83. The fourth-order valence-electron chi connectivity index (χ4n) is 7.14. The fraction of sp³-hybridized carbons (Fsp3) is 0.792. The van der Waals surface area contributed by atoms with E-state index in [1.807, 2.05) is 6.92 Å². The largest absolute Gasteiger partial charge is 0.464 e. The van der Waals surface area contributed by atoms with Gasteiger partial charge in [0.15, 0.2) is 0 Å². The van der Waals surface area contributed by atoms with E-state index in [0.717, 1.165) is 77.0 Å². The Kier molecular flexibility index (Phi) is 46.0. The van der Waals surface area contributed by atoms with Crippen molar-refractivity contribution in [2.75, 3.05) is 74.0 Å². The van der Waals surface area contributed by atoms with Gasteiger partial charge in [-0.1, -0.05) is 133 Å². The number of ether oxygens (including phenoxy) is 6. The second kappa shape index (κ2) is 48.1. The Labute approximate surface area is 391 Å². The third kappa shape index (κ3) is 39.5. The topological polar surface area (TPSA) is 122 Å². The first-order valence-corrected chi connectivity index (χ1v) is 25.4. The van der Waals surface area contributed by atoms with E-state index in [4.69, 9.17) is 18.9 Å². The van der Waals surface area contributed by atoms with Crippen molar-refractivity contribution in [1.29, 1.82) is 0 Å². The van der Waals surface area contributed by atoms with Crippen molar-refractivity contribution in [2.24, 2.45) is 0 Å². The predicted octanol–water partition coefficient (Wildman–Crippen LogP) is 11.6. The highest BCUT2D eigenvalue weighted by Crippen LogP contribution is 2.24. The van der Waals surface area contributed by atoms with Gasteiger partial charge in [-0.15, -0.1) is 0 Å². The van der Waals surface area contributed by atoms with Crippen molar-refractivity contribution in [3.8, 4) is 0 Å². The lowest BCUT2D eigenvalue weighted by Crippen LogP contribution is -2.41. The summed E-state index contributed by atoms with van der Waals surface area (Å²) in [5, 5.41) is 3.08. The summed E-state index contributed by atoms with van der Waals surface area (Å²) in [7, 11) is 4.93. The van der Waals surface area contributed by atoms with Gasteiger partial charge >= 0.3 is 11.9 Å². The zero-order valence-corrected chi connectivity index (χ0v) is 41.8. The fourth-order valence-corrected chi connectivity index (χ4v) is 7.14. The molecule has 1 aliphatic rings. The molecule has 1 aliphatic heterocycles. The number of rotatable bonds is 42. The zero-order valence-electron chi connectivity index (χ0n) is 41.8. The molecule has 0 aromatic heterocycles.